The van der Waals surface area contributed by atoms with E-state index in [1.165, 1.54) is 0 Å². The molecule has 1 unspecified atom stereocenters. The fourth-order valence-electron chi connectivity index (χ4n) is 1.05. The molecule has 0 radical (unpaired) electrons. The van der Waals surface area contributed by atoms with E-state index < -0.39 is 23.1 Å². The zero-order valence-corrected chi connectivity index (χ0v) is 7.40. The maximum Gasteiger partial charge on any atom is 0.342 e. The molecule has 1 atom stereocenters. The summed E-state index contributed by atoms with van der Waals surface area (Å²) in [6.07, 6.45) is -0.206. The van der Waals surface area contributed by atoms with Crippen LogP contribution in [0.2, 0.25) is 0 Å². The van der Waals surface area contributed by atoms with E-state index in [-0.39, 0.29) is 12.1 Å². The minimum Gasteiger partial charge on any atom is -0.481 e. The molecule has 0 saturated carbocycles. The summed E-state index contributed by atoms with van der Waals surface area (Å²) in [7, 11) is 0. The SMILES string of the molecule is CC(CC(=O)O)c1n[nH]c(=O)[nH]c1=O. The van der Waals surface area contributed by atoms with Gasteiger partial charge in [-0.25, -0.2) is 9.89 Å². The lowest BCUT2D eigenvalue weighted by atomic mass is 10.1. The molecular formula is C7H9N3O4. The van der Waals surface area contributed by atoms with E-state index in [4.69, 9.17) is 5.11 Å². The highest BCUT2D eigenvalue weighted by Crippen LogP contribution is 2.10. The van der Waals surface area contributed by atoms with Crippen LogP contribution in [0, 0.1) is 0 Å². The number of carboxylic acid groups (broad SMARTS) is 1. The minimum atomic E-state index is -1.02. The second-order valence-electron chi connectivity index (χ2n) is 2.89. The molecule has 14 heavy (non-hydrogen) atoms. The normalized spacial score (nSPS) is 12.4. The molecule has 7 heteroatoms. The monoisotopic (exact) mass is 199 g/mol. The molecule has 0 fully saturated rings. The van der Waals surface area contributed by atoms with E-state index >= 15 is 0 Å². The fraction of sp³-hybridized carbons (Fsp3) is 0.429. The number of nitrogens with one attached hydrogen (secondary N) is 2. The Morgan fingerprint density at radius 2 is 2.21 bits per heavy atom. The van der Waals surface area contributed by atoms with Crippen LogP contribution in [0.4, 0.5) is 0 Å². The first-order chi connectivity index (χ1) is 6.50. The Bertz CT molecular complexity index is 447. The van der Waals surface area contributed by atoms with Crippen molar-refractivity contribution in [1.29, 1.82) is 0 Å². The van der Waals surface area contributed by atoms with Crippen molar-refractivity contribution in [2.75, 3.05) is 0 Å². The van der Waals surface area contributed by atoms with Gasteiger partial charge in [-0.2, -0.15) is 5.10 Å². The summed E-state index contributed by atoms with van der Waals surface area (Å²) in [4.78, 5) is 34.0. The first kappa shape index (κ1) is 10.2. The highest BCUT2D eigenvalue weighted by atomic mass is 16.4. The molecule has 0 aliphatic rings. The van der Waals surface area contributed by atoms with Gasteiger partial charge in [-0.15, -0.1) is 0 Å². The van der Waals surface area contributed by atoms with E-state index in [9.17, 15) is 14.4 Å². The Morgan fingerprint density at radius 3 is 2.71 bits per heavy atom. The number of aromatic nitrogens is 3. The van der Waals surface area contributed by atoms with Crippen LogP contribution >= 0.6 is 0 Å². The van der Waals surface area contributed by atoms with Crippen LogP contribution in [0.15, 0.2) is 9.59 Å². The molecule has 3 N–H and O–H groups in total. The second kappa shape index (κ2) is 3.86. The van der Waals surface area contributed by atoms with Crippen LogP contribution in [0.1, 0.15) is 25.0 Å². The minimum absolute atomic E-state index is 0.0204. The summed E-state index contributed by atoms with van der Waals surface area (Å²) >= 11 is 0. The Morgan fingerprint density at radius 1 is 1.57 bits per heavy atom. The van der Waals surface area contributed by atoms with Gasteiger partial charge < -0.3 is 5.11 Å². The van der Waals surface area contributed by atoms with Gasteiger partial charge in [0, 0.05) is 5.92 Å². The van der Waals surface area contributed by atoms with Crippen molar-refractivity contribution in [2.45, 2.75) is 19.3 Å². The smallest absolute Gasteiger partial charge is 0.342 e. The molecule has 7 nitrogen and oxygen atoms in total. The van der Waals surface area contributed by atoms with Crippen LogP contribution in [0.25, 0.3) is 0 Å². The third-order valence-electron chi connectivity index (χ3n) is 1.69. The van der Waals surface area contributed by atoms with Gasteiger partial charge in [0.15, 0.2) is 0 Å². The van der Waals surface area contributed by atoms with Gasteiger partial charge in [-0.3, -0.25) is 14.6 Å². The molecule has 0 saturated heterocycles. The van der Waals surface area contributed by atoms with Crippen LogP contribution in [0.3, 0.4) is 0 Å². The lowest BCUT2D eigenvalue weighted by molar-refractivity contribution is -0.137. The molecule has 1 heterocycles. The fourth-order valence-corrected chi connectivity index (χ4v) is 1.05. The van der Waals surface area contributed by atoms with Gasteiger partial charge in [-0.05, 0) is 0 Å². The van der Waals surface area contributed by atoms with E-state index in [0.717, 1.165) is 0 Å². The molecular weight excluding hydrogens is 190 g/mol. The van der Waals surface area contributed by atoms with E-state index in [2.05, 4.69) is 5.10 Å². The predicted octanol–water partition coefficient (Wildman–Crippen LogP) is -0.964. The number of aliphatic carboxylic acids is 1. The Labute approximate surface area is 77.8 Å². The second-order valence-corrected chi connectivity index (χ2v) is 2.89. The summed E-state index contributed by atoms with van der Waals surface area (Å²) in [5, 5.41) is 14.0. The molecule has 1 aromatic heterocycles. The maximum atomic E-state index is 11.1. The van der Waals surface area contributed by atoms with Crippen molar-refractivity contribution in [2.24, 2.45) is 0 Å². The first-order valence-electron chi connectivity index (χ1n) is 3.91. The number of carboxylic acids is 1. The molecule has 0 bridgehead atoms. The van der Waals surface area contributed by atoms with Crippen LogP contribution in [-0.2, 0) is 4.79 Å². The third kappa shape index (κ3) is 2.28. The number of hydrogen-bond acceptors (Lipinski definition) is 4. The number of aromatic amines is 2. The Hall–Kier alpha value is -1.92. The molecule has 0 aromatic carbocycles. The van der Waals surface area contributed by atoms with Crippen molar-refractivity contribution in [3.63, 3.8) is 0 Å². The summed E-state index contributed by atoms with van der Waals surface area (Å²) in [5.41, 5.74) is -1.34. The van der Waals surface area contributed by atoms with Crippen LogP contribution in [-0.4, -0.2) is 26.3 Å². The van der Waals surface area contributed by atoms with Crippen molar-refractivity contribution in [3.8, 4) is 0 Å². The standard InChI is InChI=1S/C7H9N3O4/c1-3(2-4(11)12)5-6(13)8-7(14)10-9-5/h3H,2H2,1H3,(H,11,12)(H2,8,10,13,14). The lowest BCUT2D eigenvalue weighted by Crippen LogP contribution is -2.28. The average Bonchev–Trinajstić information content (AvgIpc) is 2.01. The van der Waals surface area contributed by atoms with Gasteiger partial charge in [0.05, 0.1) is 6.42 Å². The molecule has 76 valence electrons. The molecule has 1 rings (SSSR count). The number of nitrogens with zero attached hydrogens (tertiary/aromatic N) is 1. The van der Waals surface area contributed by atoms with Crippen molar-refractivity contribution >= 4 is 5.97 Å². The number of hydrogen-bond donors (Lipinski definition) is 3. The summed E-state index contributed by atoms with van der Waals surface area (Å²) in [6, 6.07) is 0. The van der Waals surface area contributed by atoms with Crippen molar-refractivity contribution in [3.05, 3.63) is 26.5 Å². The summed E-state index contributed by atoms with van der Waals surface area (Å²) in [6.45, 7) is 1.55. The highest BCUT2D eigenvalue weighted by Gasteiger charge is 2.15. The zero-order chi connectivity index (χ0) is 10.7. The molecule has 1 aromatic rings. The van der Waals surface area contributed by atoms with Gasteiger partial charge in [0.1, 0.15) is 5.69 Å². The lowest BCUT2D eigenvalue weighted by Gasteiger charge is -2.04. The van der Waals surface area contributed by atoms with Gasteiger partial charge in [-0.1, -0.05) is 6.92 Å². The summed E-state index contributed by atoms with van der Waals surface area (Å²) < 4.78 is 0. The van der Waals surface area contributed by atoms with E-state index in [0.29, 0.717) is 0 Å². The van der Waals surface area contributed by atoms with E-state index in [1.54, 1.807) is 6.92 Å². The zero-order valence-electron chi connectivity index (χ0n) is 7.40. The molecule has 0 aliphatic heterocycles. The van der Waals surface area contributed by atoms with Crippen LogP contribution < -0.4 is 11.2 Å². The molecule has 0 spiro atoms. The quantitative estimate of drug-likeness (QED) is 0.579. The highest BCUT2D eigenvalue weighted by molar-refractivity contribution is 5.67. The third-order valence-corrected chi connectivity index (χ3v) is 1.69. The van der Waals surface area contributed by atoms with Gasteiger partial charge in [0.25, 0.3) is 5.56 Å². The topological polar surface area (TPSA) is 116 Å². The number of H-pyrrole nitrogens is 2. The molecule has 0 amide bonds. The number of rotatable bonds is 3. The number of carbonyl (C=O) groups is 1. The molecule has 0 aliphatic carbocycles. The predicted molar refractivity (Wildman–Crippen MR) is 46.1 cm³/mol. The summed E-state index contributed by atoms with van der Waals surface area (Å²) in [5.74, 6) is -1.56. The van der Waals surface area contributed by atoms with E-state index in [1.807, 2.05) is 10.1 Å². The Kier molecular flexibility index (Phi) is 2.80. The largest absolute Gasteiger partial charge is 0.481 e. The van der Waals surface area contributed by atoms with Crippen molar-refractivity contribution < 1.29 is 9.90 Å². The average molecular weight is 199 g/mol. The first-order valence-corrected chi connectivity index (χ1v) is 3.91. The Balaban J connectivity index is 3.02. The maximum absolute atomic E-state index is 11.1. The van der Waals surface area contributed by atoms with Gasteiger partial charge >= 0.3 is 11.7 Å². The van der Waals surface area contributed by atoms with Gasteiger partial charge in [0.2, 0.25) is 0 Å². The van der Waals surface area contributed by atoms with Crippen LogP contribution in [0.5, 0.6) is 0 Å². The van der Waals surface area contributed by atoms with Crippen molar-refractivity contribution in [1.82, 2.24) is 15.2 Å².